The third-order valence-electron chi connectivity index (χ3n) is 3.57. The third-order valence-corrected chi connectivity index (χ3v) is 3.57. The minimum absolute atomic E-state index is 0.0326. The van der Waals surface area contributed by atoms with Crippen molar-refractivity contribution >= 4 is 5.91 Å². The molecule has 1 aromatic rings. The predicted octanol–water partition coefficient (Wildman–Crippen LogP) is 1.51. The lowest BCUT2D eigenvalue weighted by Gasteiger charge is -2.21. The second kappa shape index (κ2) is 5.06. The molecular formula is C14H21N3O. The fourth-order valence-electron chi connectivity index (χ4n) is 2.69. The van der Waals surface area contributed by atoms with Crippen LogP contribution in [0, 0.1) is 19.8 Å². The van der Waals surface area contributed by atoms with Crippen LogP contribution in [0.15, 0.2) is 12.1 Å². The summed E-state index contributed by atoms with van der Waals surface area (Å²) in [6.07, 6.45) is 0.993. The zero-order valence-electron chi connectivity index (χ0n) is 11.3. The van der Waals surface area contributed by atoms with Crippen LogP contribution in [0.2, 0.25) is 0 Å². The van der Waals surface area contributed by atoms with Gasteiger partial charge in [0, 0.05) is 18.3 Å². The molecule has 1 fully saturated rings. The van der Waals surface area contributed by atoms with Gasteiger partial charge in [0.25, 0.3) is 5.91 Å². The molecule has 1 aromatic heterocycles. The van der Waals surface area contributed by atoms with Crippen molar-refractivity contribution in [2.24, 2.45) is 11.7 Å². The highest BCUT2D eigenvalue weighted by atomic mass is 16.2. The van der Waals surface area contributed by atoms with Gasteiger partial charge >= 0.3 is 0 Å². The summed E-state index contributed by atoms with van der Waals surface area (Å²) in [5.74, 6) is 0.458. The van der Waals surface area contributed by atoms with Gasteiger partial charge in [-0.15, -0.1) is 0 Å². The van der Waals surface area contributed by atoms with Crippen molar-refractivity contribution in [3.63, 3.8) is 0 Å². The second-order valence-corrected chi connectivity index (χ2v) is 5.32. The van der Waals surface area contributed by atoms with Crippen LogP contribution in [-0.2, 0) is 0 Å². The van der Waals surface area contributed by atoms with Crippen molar-refractivity contribution in [2.75, 3.05) is 13.1 Å². The van der Waals surface area contributed by atoms with E-state index >= 15 is 0 Å². The highest BCUT2D eigenvalue weighted by Crippen LogP contribution is 2.23. The van der Waals surface area contributed by atoms with E-state index < -0.39 is 0 Å². The van der Waals surface area contributed by atoms with Gasteiger partial charge in [-0.2, -0.15) is 0 Å². The van der Waals surface area contributed by atoms with Gasteiger partial charge in [-0.3, -0.25) is 4.79 Å². The van der Waals surface area contributed by atoms with E-state index in [9.17, 15) is 4.79 Å². The van der Waals surface area contributed by atoms with E-state index in [1.165, 1.54) is 0 Å². The topological polar surface area (TPSA) is 59.2 Å². The first-order valence-corrected chi connectivity index (χ1v) is 6.47. The maximum atomic E-state index is 12.4. The van der Waals surface area contributed by atoms with E-state index in [4.69, 9.17) is 5.73 Å². The standard InChI is InChI=1S/C14H21N3O/c1-9-4-10(2)16-13(5-9)14(18)17-8-12(7-15)6-11(17)3/h4-5,11-12H,6-8,15H2,1-3H3. The van der Waals surface area contributed by atoms with E-state index in [1.54, 1.807) is 0 Å². The first kappa shape index (κ1) is 13.0. The Labute approximate surface area is 108 Å². The number of aryl methyl sites for hydroxylation is 2. The van der Waals surface area contributed by atoms with E-state index in [0.29, 0.717) is 18.2 Å². The monoisotopic (exact) mass is 247 g/mol. The van der Waals surface area contributed by atoms with Crippen LogP contribution in [0.4, 0.5) is 0 Å². The number of likely N-dealkylation sites (tertiary alicyclic amines) is 1. The Morgan fingerprint density at radius 3 is 2.78 bits per heavy atom. The van der Waals surface area contributed by atoms with Crippen molar-refractivity contribution in [3.8, 4) is 0 Å². The molecule has 2 atom stereocenters. The summed E-state index contributed by atoms with van der Waals surface area (Å²) < 4.78 is 0. The molecule has 4 nitrogen and oxygen atoms in total. The maximum Gasteiger partial charge on any atom is 0.272 e. The lowest BCUT2D eigenvalue weighted by Crippen LogP contribution is -2.35. The van der Waals surface area contributed by atoms with Crippen molar-refractivity contribution in [1.82, 2.24) is 9.88 Å². The minimum atomic E-state index is 0.0326. The largest absolute Gasteiger partial charge is 0.334 e. The lowest BCUT2D eigenvalue weighted by atomic mass is 10.1. The molecule has 1 saturated heterocycles. The number of aromatic nitrogens is 1. The smallest absolute Gasteiger partial charge is 0.272 e. The molecule has 2 heterocycles. The van der Waals surface area contributed by atoms with Crippen molar-refractivity contribution in [2.45, 2.75) is 33.2 Å². The average molecular weight is 247 g/mol. The highest BCUT2D eigenvalue weighted by molar-refractivity contribution is 5.93. The molecule has 98 valence electrons. The number of pyridine rings is 1. The normalized spacial score (nSPS) is 23.4. The van der Waals surface area contributed by atoms with Crippen LogP contribution in [0.1, 0.15) is 35.1 Å². The van der Waals surface area contributed by atoms with Gasteiger partial charge in [0.2, 0.25) is 0 Å². The number of hydrogen-bond acceptors (Lipinski definition) is 3. The number of carbonyl (C=O) groups is 1. The Morgan fingerprint density at radius 2 is 2.22 bits per heavy atom. The van der Waals surface area contributed by atoms with Crippen LogP contribution < -0.4 is 5.73 Å². The molecule has 0 aromatic carbocycles. The molecule has 1 amide bonds. The van der Waals surface area contributed by atoms with Crippen LogP contribution >= 0.6 is 0 Å². The van der Waals surface area contributed by atoms with Gasteiger partial charge < -0.3 is 10.6 Å². The summed E-state index contributed by atoms with van der Waals surface area (Å²) in [6, 6.07) is 4.10. The quantitative estimate of drug-likeness (QED) is 0.861. The van der Waals surface area contributed by atoms with Crippen molar-refractivity contribution < 1.29 is 4.79 Å². The van der Waals surface area contributed by atoms with Gasteiger partial charge in [0.05, 0.1) is 0 Å². The molecule has 1 aliphatic heterocycles. The van der Waals surface area contributed by atoms with E-state index in [0.717, 1.165) is 24.2 Å². The SMILES string of the molecule is Cc1cc(C)nc(C(=O)N2CC(CN)CC2C)c1. The minimum Gasteiger partial charge on any atom is -0.334 e. The average Bonchev–Trinajstić information content (AvgIpc) is 2.68. The number of nitrogens with zero attached hydrogens (tertiary/aromatic N) is 2. The number of hydrogen-bond donors (Lipinski definition) is 1. The molecule has 0 bridgehead atoms. The summed E-state index contributed by atoms with van der Waals surface area (Å²) in [7, 11) is 0. The van der Waals surface area contributed by atoms with Crippen LogP contribution in [0.25, 0.3) is 0 Å². The van der Waals surface area contributed by atoms with Gasteiger partial charge in [0.1, 0.15) is 5.69 Å². The van der Waals surface area contributed by atoms with Gasteiger partial charge in [-0.1, -0.05) is 0 Å². The second-order valence-electron chi connectivity index (χ2n) is 5.32. The first-order valence-electron chi connectivity index (χ1n) is 6.47. The molecular weight excluding hydrogens is 226 g/mol. The molecule has 0 spiro atoms. The third kappa shape index (κ3) is 2.53. The Hall–Kier alpha value is -1.42. The van der Waals surface area contributed by atoms with E-state index in [-0.39, 0.29) is 11.9 Å². The number of carbonyl (C=O) groups excluding carboxylic acids is 1. The molecule has 0 radical (unpaired) electrons. The zero-order chi connectivity index (χ0) is 13.3. The van der Waals surface area contributed by atoms with Gasteiger partial charge in [-0.25, -0.2) is 4.98 Å². The van der Waals surface area contributed by atoms with Crippen LogP contribution in [0.5, 0.6) is 0 Å². The summed E-state index contributed by atoms with van der Waals surface area (Å²) in [6.45, 7) is 7.39. The van der Waals surface area contributed by atoms with Crippen LogP contribution in [-0.4, -0.2) is 34.9 Å². The summed E-state index contributed by atoms with van der Waals surface area (Å²) in [4.78, 5) is 18.7. The predicted molar refractivity (Wildman–Crippen MR) is 71.4 cm³/mol. The number of nitrogens with two attached hydrogens (primary N) is 1. The van der Waals surface area contributed by atoms with Gasteiger partial charge in [-0.05, 0) is 57.4 Å². The highest BCUT2D eigenvalue weighted by Gasteiger charge is 2.32. The molecule has 4 heteroatoms. The summed E-state index contributed by atoms with van der Waals surface area (Å²) in [5, 5.41) is 0. The van der Waals surface area contributed by atoms with Gasteiger partial charge in [0.15, 0.2) is 0 Å². The number of rotatable bonds is 2. The fourth-order valence-corrected chi connectivity index (χ4v) is 2.69. The number of amides is 1. The van der Waals surface area contributed by atoms with E-state index in [2.05, 4.69) is 11.9 Å². The van der Waals surface area contributed by atoms with Crippen LogP contribution in [0.3, 0.4) is 0 Å². The fraction of sp³-hybridized carbons (Fsp3) is 0.571. The molecule has 2 N–H and O–H groups in total. The Kier molecular flexibility index (Phi) is 3.66. The summed E-state index contributed by atoms with van der Waals surface area (Å²) in [5.41, 5.74) is 8.21. The Morgan fingerprint density at radius 1 is 1.50 bits per heavy atom. The molecule has 2 rings (SSSR count). The van der Waals surface area contributed by atoms with E-state index in [1.807, 2.05) is 30.9 Å². The molecule has 0 aliphatic carbocycles. The van der Waals surface area contributed by atoms with Crippen molar-refractivity contribution in [1.29, 1.82) is 0 Å². The maximum absolute atomic E-state index is 12.4. The molecule has 18 heavy (non-hydrogen) atoms. The lowest BCUT2D eigenvalue weighted by molar-refractivity contribution is 0.0737. The summed E-state index contributed by atoms with van der Waals surface area (Å²) >= 11 is 0. The molecule has 1 aliphatic rings. The first-order chi connectivity index (χ1) is 8.51. The molecule has 0 saturated carbocycles. The molecule has 2 unspecified atom stereocenters. The van der Waals surface area contributed by atoms with Crippen molar-refractivity contribution in [3.05, 3.63) is 29.1 Å². The zero-order valence-corrected chi connectivity index (χ0v) is 11.3. The Bertz CT molecular complexity index is 438. The Balaban J connectivity index is 2.21.